The van der Waals surface area contributed by atoms with Crippen LogP contribution >= 0.6 is 27.5 Å². The molecule has 1 aromatic carbocycles. The number of amides is 1. The van der Waals surface area contributed by atoms with Crippen molar-refractivity contribution in [3.8, 4) is 0 Å². The quantitative estimate of drug-likeness (QED) is 0.896. The Kier molecular flexibility index (Phi) is 6.08. The zero-order chi connectivity index (χ0) is 13.7. The Labute approximate surface area is 120 Å². The molecule has 0 spiro atoms. The summed E-state index contributed by atoms with van der Waals surface area (Å²) in [7, 11) is 3.11. The standard InChI is InChI=1S/C12H15BrClNO3/c1-15(6-8(16)7-18-2)12(17)9-4-3-5-10(13)11(9)14/h3-5,8,16H,6-7H2,1-2H3. The van der Waals surface area contributed by atoms with E-state index in [4.69, 9.17) is 16.3 Å². The molecule has 1 rings (SSSR count). The van der Waals surface area contributed by atoms with Gasteiger partial charge in [-0.1, -0.05) is 17.7 Å². The molecule has 100 valence electrons. The van der Waals surface area contributed by atoms with Crippen molar-refractivity contribution in [2.24, 2.45) is 0 Å². The molecule has 0 bridgehead atoms. The molecule has 1 aromatic rings. The van der Waals surface area contributed by atoms with Crippen LogP contribution in [0, 0.1) is 0 Å². The molecule has 1 unspecified atom stereocenters. The monoisotopic (exact) mass is 335 g/mol. The number of carbonyl (C=O) groups excluding carboxylic acids is 1. The van der Waals surface area contributed by atoms with E-state index >= 15 is 0 Å². The Morgan fingerprint density at radius 3 is 2.89 bits per heavy atom. The Balaban J connectivity index is 2.77. The van der Waals surface area contributed by atoms with Crippen molar-refractivity contribution in [3.05, 3.63) is 33.3 Å². The van der Waals surface area contributed by atoms with E-state index in [1.807, 2.05) is 0 Å². The molecule has 0 aliphatic carbocycles. The first kappa shape index (κ1) is 15.4. The summed E-state index contributed by atoms with van der Waals surface area (Å²) in [5, 5.41) is 9.95. The number of likely N-dealkylation sites (N-methyl/N-ethyl adjacent to an activating group) is 1. The summed E-state index contributed by atoms with van der Waals surface area (Å²) in [6.45, 7) is 0.374. The molecular weight excluding hydrogens is 321 g/mol. The second-order valence-electron chi connectivity index (χ2n) is 3.90. The number of methoxy groups -OCH3 is 1. The Bertz CT molecular complexity index is 428. The molecule has 0 fully saturated rings. The highest BCUT2D eigenvalue weighted by Crippen LogP contribution is 2.26. The maximum Gasteiger partial charge on any atom is 0.255 e. The van der Waals surface area contributed by atoms with Crippen LogP contribution in [0.3, 0.4) is 0 Å². The van der Waals surface area contributed by atoms with E-state index in [1.54, 1.807) is 25.2 Å². The number of benzene rings is 1. The maximum atomic E-state index is 12.1. The van der Waals surface area contributed by atoms with Gasteiger partial charge in [-0.25, -0.2) is 0 Å². The van der Waals surface area contributed by atoms with E-state index in [0.717, 1.165) is 0 Å². The van der Waals surface area contributed by atoms with Crippen LogP contribution in [-0.2, 0) is 4.74 Å². The third kappa shape index (κ3) is 3.95. The molecule has 18 heavy (non-hydrogen) atoms. The highest BCUT2D eigenvalue weighted by atomic mass is 79.9. The number of carbonyl (C=O) groups is 1. The van der Waals surface area contributed by atoms with Gasteiger partial charge in [-0.2, -0.15) is 0 Å². The zero-order valence-electron chi connectivity index (χ0n) is 10.2. The fourth-order valence-corrected chi connectivity index (χ4v) is 2.09. The molecule has 4 nitrogen and oxygen atoms in total. The first-order valence-corrected chi connectivity index (χ1v) is 6.51. The third-order valence-electron chi connectivity index (χ3n) is 2.37. The highest BCUT2D eigenvalue weighted by molar-refractivity contribution is 9.10. The van der Waals surface area contributed by atoms with Gasteiger partial charge in [-0.05, 0) is 28.1 Å². The summed E-state index contributed by atoms with van der Waals surface area (Å²) in [6.07, 6.45) is -0.713. The molecule has 1 amide bonds. The molecule has 0 aliphatic heterocycles. The Morgan fingerprint density at radius 2 is 2.28 bits per heavy atom. The first-order valence-electron chi connectivity index (χ1n) is 5.33. The van der Waals surface area contributed by atoms with E-state index in [9.17, 15) is 9.90 Å². The molecule has 0 saturated carbocycles. The lowest BCUT2D eigenvalue weighted by Gasteiger charge is -2.21. The van der Waals surface area contributed by atoms with Gasteiger partial charge < -0.3 is 14.7 Å². The number of halogens is 2. The van der Waals surface area contributed by atoms with E-state index in [0.29, 0.717) is 15.1 Å². The van der Waals surface area contributed by atoms with Crippen LogP contribution in [0.4, 0.5) is 0 Å². The van der Waals surface area contributed by atoms with Crippen LogP contribution in [0.5, 0.6) is 0 Å². The van der Waals surface area contributed by atoms with E-state index < -0.39 is 6.10 Å². The molecule has 0 heterocycles. The fraction of sp³-hybridized carbons (Fsp3) is 0.417. The predicted molar refractivity (Wildman–Crippen MR) is 74.0 cm³/mol. The number of nitrogens with zero attached hydrogens (tertiary/aromatic N) is 1. The average Bonchev–Trinajstić information content (AvgIpc) is 2.32. The normalized spacial score (nSPS) is 12.3. The summed E-state index contributed by atoms with van der Waals surface area (Å²) in [5.74, 6) is -0.239. The largest absolute Gasteiger partial charge is 0.389 e. The van der Waals surface area contributed by atoms with Crippen molar-refractivity contribution in [2.75, 3.05) is 27.3 Å². The number of rotatable bonds is 5. The summed E-state index contributed by atoms with van der Waals surface area (Å²) < 4.78 is 5.48. The summed E-state index contributed by atoms with van der Waals surface area (Å²) in [5.41, 5.74) is 0.401. The van der Waals surface area contributed by atoms with Gasteiger partial charge in [0.2, 0.25) is 0 Å². The van der Waals surface area contributed by atoms with Gasteiger partial charge in [0.1, 0.15) is 0 Å². The van der Waals surface area contributed by atoms with Crippen LogP contribution in [0.15, 0.2) is 22.7 Å². The van der Waals surface area contributed by atoms with Gasteiger partial charge in [0.15, 0.2) is 0 Å². The minimum Gasteiger partial charge on any atom is -0.389 e. The summed E-state index contributed by atoms with van der Waals surface area (Å²) in [4.78, 5) is 13.5. The number of hydrogen-bond donors (Lipinski definition) is 1. The van der Waals surface area contributed by atoms with Gasteiger partial charge in [-0.3, -0.25) is 4.79 Å². The number of aliphatic hydroxyl groups excluding tert-OH is 1. The van der Waals surface area contributed by atoms with Crippen molar-refractivity contribution in [2.45, 2.75) is 6.10 Å². The molecule has 0 radical (unpaired) electrons. The molecular formula is C12H15BrClNO3. The van der Waals surface area contributed by atoms with E-state index in [1.165, 1.54) is 12.0 Å². The number of ether oxygens (including phenoxy) is 1. The molecule has 1 atom stereocenters. The van der Waals surface area contributed by atoms with Crippen molar-refractivity contribution in [1.82, 2.24) is 4.90 Å². The minimum absolute atomic E-state index is 0.184. The zero-order valence-corrected chi connectivity index (χ0v) is 12.5. The fourth-order valence-electron chi connectivity index (χ4n) is 1.52. The second-order valence-corrected chi connectivity index (χ2v) is 5.13. The lowest BCUT2D eigenvalue weighted by atomic mass is 10.2. The average molecular weight is 337 g/mol. The van der Waals surface area contributed by atoms with Crippen LogP contribution < -0.4 is 0 Å². The van der Waals surface area contributed by atoms with Crippen LogP contribution in [0.1, 0.15) is 10.4 Å². The van der Waals surface area contributed by atoms with E-state index in [2.05, 4.69) is 15.9 Å². The second kappa shape index (κ2) is 7.09. The van der Waals surface area contributed by atoms with Gasteiger partial charge in [0, 0.05) is 25.2 Å². The molecule has 0 saturated heterocycles. The van der Waals surface area contributed by atoms with Gasteiger partial charge in [-0.15, -0.1) is 0 Å². The minimum atomic E-state index is -0.713. The Morgan fingerprint density at radius 1 is 1.61 bits per heavy atom. The topological polar surface area (TPSA) is 49.8 Å². The maximum absolute atomic E-state index is 12.1. The van der Waals surface area contributed by atoms with Crippen molar-refractivity contribution < 1.29 is 14.6 Å². The van der Waals surface area contributed by atoms with Crippen LogP contribution in [0.2, 0.25) is 5.02 Å². The van der Waals surface area contributed by atoms with Crippen molar-refractivity contribution >= 4 is 33.4 Å². The van der Waals surface area contributed by atoms with Gasteiger partial charge in [0.05, 0.1) is 23.3 Å². The number of hydrogen-bond acceptors (Lipinski definition) is 3. The SMILES string of the molecule is COCC(O)CN(C)C(=O)c1cccc(Br)c1Cl. The predicted octanol–water partition coefficient (Wildman–Crippen LogP) is 2.18. The number of aliphatic hydroxyl groups is 1. The summed E-state index contributed by atoms with van der Waals surface area (Å²) >= 11 is 9.32. The summed E-state index contributed by atoms with van der Waals surface area (Å²) in [6, 6.07) is 5.15. The molecule has 1 N–H and O–H groups in total. The van der Waals surface area contributed by atoms with Gasteiger partial charge in [0.25, 0.3) is 5.91 Å². The molecule has 6 heteroatoms. The molecule has 0 aromatic heterocycles. The third-order valence-corrected chi connectivity index (χ3v) is 3.67. The van der Waals surface area contributed by atoms with Crippen molar-refractivity contribution in [1.29, 1.82) is 0 Å². The molecule has 0 aliphatic rings. The Hall–Kier alpha value is -0.620. The van der Waals surface area contributed by atoms with E-state index in [-0.39, 0.29) is 19.1 Å². The first-order chi connectivity index (χ1) is 8.47. The lowest BCUT2D eigenvalue weighted by molar-refractivity contribution is 0.0380. The highest BCUT2D eigenvalue weighted by Gasteiger charge is 2.18. The van der Waals surface area contributed by atoms with Gasteiger partial charge >= 0.3 is 0 Å². The van der Waals surface area contributed by atoms with Crippen molar-refractivity contribution in [3.63, 3.8) is 0 Å². The smallest absolute Gasteiger partial charge is 0.255 e. The van der Waals surface area contributed by atoms with Crippen LogP contribution in [-0.4, -0.2) is 49.3 Å². The van der Waals surface area contributed by atoms with Crippen LogP contribution in [0.25, 0.3) is 0 Å². The lowest BCUT2D eigenvalue weighted by Crippen LogP contribution is -2.36.